The summed E-state index contributed by atoms with van der Waals surface area (Å²) in [5.74, 6) is -0.0678. The molecule has 0 bridgehead atoms. The number of nitrogens with one attached hydrogen (secondary N) is 1. The predicted molar refractivity (Wildman–Crippen MR) is 286 cm³/mol. The van der Waals surface area contributed by atoms with Gasteiger partial charge in [0, 0.05) is 6.42 Å². The molecule has 0 radical (unpaired) electrons. The average molecular weight is 901 g/mol. The van der Waals surface area contributed by atoms with Gasteiger partial charge in [-0.1, -0.05) is 321 Å². The van der Waals surface area contributed by atoms with Crippen molar-refractivity contribution in [1.82, 2.24) is 5.32 Å². The molecule has 0 spiro atoms. The summed E-state index contributed by atoms with van der Waals surface area (Å²) in [6.07, 6.45) is 75.2. The molecule has 3 N–H and O–H groups in total. The molecule has 0 heterocycles. The van der Waals surface area contributed by atoms with E-state index >= 15 is 0 Å². The Labute approximate surface area is 402 Å². The molecule has 4 heteroatoms. The number of amides is 1. The van der Waals surface area contributed by atoms with Crippen molar-refractivity contribution < 1.29 is 15.0 Å². The second kappa shape index (κ2) is 56.2. The van der Waals surface area contributed by atoms with Crippen LogP contribution in [0.15, 0.2) is 24.3 Å². The molecule has 0 aromatic rings. The second-order valence-corrected chi connectivity index (χ2v) is 20.4. The maximum atomic E-state index is 12.4. The van der Waals surface area contributed by atoms with Crippen molar-refractivity contribution in [1.29, 1.82) is 0 Å². The van der Waals surface area contributed by atoms with Crippen molar-refractivity contribution in [2.24, 2.45) is 0 Å². The first-order chi connectivity index (χ1) is 31.7. The summed E-state index contributed by atoms with van der Waals surface area (Å²) in [5, 5.41) is 23.1. The third-order valence-corrected chi connectivity index (χ3v) is 13.9. The monoisotopic (exact) mass is 900 g/mol. The van der Waals surface area contributed by atoms with Gasteiger partial charge >= 0.3 is 0 Å². The summed E-state index contributed by atoms with van der Waals surface area (Å²) in [5.41, 5.74) is 0. The molecule has 380 valence electrons. The molecule has 0 aliphatic heterocycles. The Hall–Kier alpha value is -1.13. The summed E-state index contributed by atoms with van der Waals surface area (Å²) < 4.78 is 0. The van der Waals surface area contributed by atoms with Crippen molar-refractivity contribution in [3.8, 4) is 0 Å². The van der Waals surface area contributed by atoms with E-state index in [4.69, 9.17) is 0 Å². The fourth-order valence-electron chi connectivity index (χ4n) is 9.43. The van der Waals surface area contributed by atoms with E-state index in [0.717, 1.165) is 32.1 Å². The van der Waals surface area contributed by atoms with E-state index in [1.165, 1.54) is 283 Å². The van der Waals surface area contributed by atoms with Gasteiger partial charge in [-0.3, -0.25) is 4.79 Å². The number of carbonyl (C=O) groups excluding carboxylic acids is 1. The molecule has 0 aromatic carbocycles. The van der Waals surface area contributed by atoms with Crippen molar-refractivity contribution in [3.05, 3.63) is 24.3 Å². The molecule has 2 atom stereocenters. The largest absolute Gasteiger partial charge is 0.394 e. The molecular formula is C60H117NO3. The molecule has 2 unspecified atom stereocenters. The summed E-state index contributed by atoms with van der Waals surface area (Å²) in [7, 11) is 0. The van der Waals surface area contributed by atoms with E-state index in [9.17, 15) is 15.0 Å². The first-order valence-corrected chi connectivity index (χ1v) is 29.6. The minimum atomic E-state index is -0.858. The number of allylic oxidation sites excluding steroid dienone is 3. The van der Waals surface area contributed by atoms with E-state index < -0.39 is 12.1 Å². The smallest absolute Gasteiger partial charge is 0.220 e. The highest BCUT2D eigenvalue weighted by atomic mass is 16.3. The molecule has 0 rings (SSSR count). The summed E-state index contributed by atoms with van der Waals surface area (Å²) in [6.45, 7) is 4.32. The number of unbranched alkanes of at least 4 members (excludes halogenated alkanes) is 46. The molecule has 0 saturated heterocycles. The lowest BCUT2D eigenvalue weighted by Gasteiger charge is -2.19. The van der Waals surface area contributed by atoms with Gasteiger partial charge in [-0.25, -0.2) is 0 Å². The highest BCUT2D eigenvalue weighted by molar-refractivity contribution is 5.76. The summed E-state index contributed by atoms with van der Waals surface area (Å²) in [4.78, 5) is 12.4. The standard InChI is InChI=1S/C60H117NO3/c1-3-5-7-9-11-13-15-17-19-20-21-22-23-24-25-26-27-28-29-30-31-32-33-34-35-36-37-38-39-40-41-42-44-46-48-50-52-54-56-60(64)61-58(57-62)59(63)55-53-51-49-47-45-43-18-16-14-12-10-8-6-4-2/h45,47,53,55,58-59,62-63H,3-44,46,48-52,54,56-57H2,1-2H3,(H,61,64)/b47-45+,55-53+. The third-order valence-electron chi connectivity index (χ3n) is 13.9. The number of hydrogen-bond donors (Lipinski definition) is 3. The van der Waals surface area contributed by atoms with Crippen LogP contribution >= 0.6 is 0 Å². The zero-order chi connectivity index (χ0) is 46.3. The van der Waals surface area contributed by atoms with Gasteiger partial charge in [0.15, 0.2) is 0 Å². The van der Waals surface area contributed by atoms with E-state index in [-0.39, 0.29) is 12.5 Å². The van der Waals surface area contributed by atoms with Crippen LogP contribution in [-0.2, 0) is 4.79 Å². The van der Waals surface area contributed by atoms with Crippen LogP contribution in [0.5, 0.6) is 0 Å². The normalized spacial score (nSPS) is 12.9. The Morgan fingerprint density at radius 3 is 0.906 bits per heavy atom. The molecule has 64 heavy (non-hydrogen) atoms. The molecule has 4 nitrogen and oxygen atoms in total. The fourth-order valence-corrected chi connectivity index (χ4v) is 9.43. The lowest BCUT2D eigenvalue weighted by molar-refractivity contribution is -0.123. The van der Waals surface area contributed by atoms with Crippen LogP contribution < -0.4 is 5.32 Å². The average Bonchev–Trinajstić information content (AvgIpc) is 3.30. The molecular weight excluding hydrogens is 783 g/mol. The van der Waals surface area contributed by atoms with Gasteiger partial charge in [-0.2, -0.15) is 0 Å². The second-order valence-electron chi connectivity index (χ2n) is 20.4. The number of hydrogen-bond acceptors (Lipinski definition) is 3. The van der Waals surface area contributed by atoms with Gasteiger partial charge in [0.05, 0.1) is 18.8 Å². The van der Waals surface area contributed by atoms with Crippen LogP contribution in [-0.4, -0.2) is 34.9 Å². The molecule has 0 saturated carbocycles. The van der Waals surface area contributed by atoms with E-state index in [0.29, 0.717) is 6.42 Å². The zero-order valence-electron chi connectivity index (χ0n) is 43.8. The van der Waals surface area contributed by atoms with Crippen LogP contribution in [0.25, 0.3) is 0 Å². The van der Waals surface area contributed by atoms with Crippen LogP contribution in [0, 0.1) is 0 Å². The topological polar surface area (TPSA) is 69.6 Å². The Morgan fingerprint density at radius 2 is 0.609 bits per heavy atom. The number of aliphatic hydroxyl groups excluding tert-OH is 2. The summed E-state index contributed by atoms with van der Waals surface area (Å²) in [6, 6.07) is -0.635. The maximum Gasteiger partial charge on any atom is 0.220 e. The third kappa shape index (κ3) is 51.8. The van der Waals surface area contributed by atoms with Gasteiger partial charge in [-0.05, 0) is 32.1 Å². The van der Waals surface area contributed by atoms with Gasteiger partial charge in [-0.15, -0.1) is 0 Å². The highest BCUT2D eigenvalue weighted by Crippen LogP contribution is 2.18. The number of aliphatic hydroxyl groups is 2. The minimum absolute atomic E-state index is 0.0678. The van der Waals surface area contributed by atoms with Crippen molar-refractivity contribution in [3.63, 3.8) is 0 Å². The van der Waals surface area contributed by atoms with Crippen molar-refractivity contribution in [2.75, 3.05) is 6.61 Å². The van der Waals surface area contributed by atoms with Crippen molar-refractivity contribution in [2.45, 2.75) is 347 Å². The number of rotatable bonds is 55. The lowest BCUT2D eigenvalue weighted by atomic mass is 10.0. The van der Waals surface area contributed by atoms with Crippen LogP contribution in [0.2, 0.25) is 0 Å². The van der Waals surface area contributed by atoms with Crippen molar-refractivity contribution >= 4 is 5.91 Å². The Balaban J connectivity index is 3.36. The van der Waals surface area contributed by atoms with Gasteiger partial charge < -0.3 is 15.5 Å². The highest BCUT2D eigenvalue weighted by Gasteiger charge is 2.18. The molecule has 0 aliphatic carbocycles. The zero-order valence-corrected chi connectivity index (χ0v) is 43.8. The van der Waals surface area contributed by atoms with Crippen LogP contribution in [0.3, 0.4) is 0 Å². The Bertz CT molecular complexity index is 932. The molecule has 0 aliphatic rings. The summed E-state index contributed by atoms with van der Waals surface area (Å²) >= 11 is 0. The number of carbonyl (C=O) groups is 1. The first-order valence-electron chi connectivity index (χ1n) is 29.6. The van der Waals surface area contributed by atoms with E-state index in [1.807, 2.05) is 6.08 Å². The Morgan fingerprint density at radius 1 is 0.359 bits per heavy atom. The minimum Gasteiger partial charge on any atom is -0.394 e. The van der Waals surface area contributed by atoms with E-state index in [1.54, 1.807) is 6.08 Å². The van der Waals surface area contributed by atoms with Gasteiger partial charge in [0.1, 0.15) is 0 Å². The van der Waals surface area contributed by atoms with Gasteiger partial charge in [0.25, 0.3) is 0 Å². The molecule has 0 aromatic heterocycles. The van der Waals surface area contributed by atoms with E-state index in [2.05, 4.69) is 31.3 Å². The fraction of sp³-hybridized carbons (Fsp3) is 0.917. The SMILES string of the molecule is CCCCCCCCCC/C=C/CC/C=C/C(O)C(CO)NC(=O)CCCCCCCCCCCCCCCCCCCCCCCCCCCCCCCCCCCCCCCC. The van der Waals surface area contributed by atoms with Gasteiger partial charge in [0.2, 0.25) is 5.91 Å². The predicted octanol–water partition coefficient (Wildman–Crippen LogP) is 19.5. The van der Waals surface area contributed by atoms with Crippen LogP contribution in [0.1, 0.15) is 335 Å². The Kier molecular flexibility index (Phi) is 55.2. The molecule has 1 amide bonds. The maximum absolute atomic E-state index is 12.4. The van der Waals surface area contributed by atoms with Crippen LogP contribution in [0.4, 0.5) is 0 Å². The molecule has 0 fully saturated rings. The quantitative estimate of drug-likeness (QED) is 0.0421. The first kappa shape index (κ1) is 62.9. The lowest BCUT2D eigenvalue weighted by Crippen LogP contribution is -2.45.